The van der Waals surface area contributed by atoms with Crippen LogP contribution in [0.1, 0.15) is 12.8 Å². The quantitative estimate of drug-likeness (QED) is 0.719. The highest BCUT2D eigenvalue weighted by Crippen LogP contribution is 2.36. The van der Waals surface area contributed by atoms with Gasteiger partial charge in [-0.1, -0.05) is 18.2 Å². The first kappa shape index (κ1) is 17.4. The Labute approximate surface area is 155 Å². The van der Waals surface area contributed by atoms with Crippen LogP contribution < -0.4 is 10.1 Å². The number of carboxylic acids is 1. The molecule has 2 aromatic carbocycles. The number of rotatable bonds is 5. The van der Waals surface area contributed by atoms with Crippen molar-refractivity contribution in [2.24, 2.45) is 0 Å². The average molecular weight is 368 g/mol. The third-order valence-corrected chi connectivity index (χ3v) is 4.97. The van der Waals surface area contributed by atoms with Crippen molar-refractivity contribution in [2.75, 3.05) is 25.5 Å². The summed E-state index contributed by atoms with van der Waals surface area (Å²) >= 11 is 0. The minimum absolute atomic E-state index is 0.0261. The topological polar surface area (TPSA) is 92.0 Å². The summed E-state index contributed by atoms with van der Waals surface area (Å²) in [6, 6.07) is 10.7. The van der Waals surface area contributed by atoms with Gasteiger partial charge in [0.25, 0.3) is 0 Å². The fraction of sp³-hybridized carbons (Fsp3) is 0.300. The molecule has 7 nitrogen and oxygen atoms in total. The molecule has 0 spiro atoms. The highest BCUT2D eigenvalue weighted by atomic mass is 16.5. The molecule has 7 heteroatoms. The van der Waals surface area contributed by atoms with Crippen molar-refractivity contribution in [3.8, 4) is 5.75 Å². The molecular weight excluding hydrogens is 348 g/mol. The second-order valence-electron chi connectivity index (χ2n) is 6.66. The van der Waals surface area contributed by atoms with Crippen molar-refractivity contribution >= 4 is 39.5 Å². The molecule has 0 bridgehead atoms. The Kier molecular flexibility index (Phi) is 4.45. The smallest absolute Gasteiger partial charge is 0.320 e. The van der Waals surface area contributed by atoms with Crippen LogP contribution in [0.5, 0.6) is 5.75 Å². The second-order valence-corrected chi connectivity index (χ2v) is 6.66. The van der Waals surface area contributed by atoms with Gasteiger partial charge in [-0.15, -0.1) is 0 Å². The molecule has 2 N–H and O–H groups in total. The molecule has 3 aromatic rings. The number of fused-ring (bicyclic) bond motifs is 3. The number of amides is 1. The fourth-order valence-corrected chi connectivity index (χ4v) is 3.69. The van der Waals surface area contributed by atoms with E-state index < -0.39 is 12.0 Å². The maximum atomic E-state index is 12.5. The Morgan fingerprint density at radius 1 is 1.26 bits per heavy atom. The van der Waals surface area contributed by atoms with E-state index in [-0.39, 0.29) is 12.5 Å². The monoisotopic (exact) mass is 368 g/mol. The molecule has 27 heavy (non-hydrogen) atoms. The summed E-state index contributed by atoms with van der Waals surface area (Å²) in [5.41, 5.74) is 1.91. The Morgan fingerprint density at radius 3 is 2.85 bits per heavy atom. The van der Waals surface area contributed by atoms with Crippen molar-refractivity contribution in [1.82, 2.24) is 4.90 Å². The molecule has 0 saturated carbocycles. The molecule has 140 valence electrons. The van der Waals surface area contributed by atoms with E-state index in [0.717, 1.165) is 22.8 Å². The summed E-state index contributed by atoms with van der Waals surface area (Å²) in [4.78, 5) is 25.4. The van der Waals surface area contributed by atoms with Gasteiger partial charge >= 0.3 is 5.97 Å². The van der Waals surface area contributed by atoms with Crippen LogP contribution in [-0.4, -0.2) is 48.1 Å². The van der Waals surface area contributed by atoms with Gasteiger partial charge < -0.3 is 19.6 Å². The number of anilines is 1. The molecule has 1 unspecified atom stereocenters. The molecule has 1 saturated heterocycles. The highest BCUT2D eigenvalue weighted by molar-refractivity contribution is 6.07. The van der Waals surface area contributed by atoms with E-state index >= 15 is 0 Å². The highest BCUT2D eigenvalue weighted by Gasteiger charge is 2.31. The number of nitrogens with one attached hydrogen (secondary N) is 1. The van der Waals surface area contributed by atoms with E-state index in [2.05, 4.69) is 5.32 Å². The molecule has 1 aliphatic rings. The first-order valence-electron chi connectivity index (χ1n) is 8.83. The SMILES string of the molecule is COc1cc2c(cc1NC(=O)CN1CCCC1C(=O)O)oc1ccccc12. The number of methoxy groups -OCH3 is 1. The Balaban J connectivity index is 1.60. The summed E-state index contributed by atoms with van der Waals surface area (Å²) in [7, 11) is 1.54. The Morgan fingerprint density at radius 2 is 2.07 bits per heavy atom. The molecule has 4 rings (SSSR count). The molecule has 0 aliphatic carbocycles. The Hall–Kier alpha value is -3.06. The van der Waals surface area contributed by atoms with Crippen molar-refractivity contribution < 1.29 is 23.8 Å². The maximum Gasteiger partial charge on any atom is 0.320 e. The summed E-state index contributed by atoms with van der Waals surface area (Å²) < 4.78 is 11.3. The first-order valence-corrected chi connectivity index (χ1v) is 8.83. The lowest BCUT2D eigenvalue weighted by atomic mass is 10.1. The number of hydrogen-bond donors (Lipinski definition) is 2. The van der Waals surface area contributed by atoms with Crippen LogP contribution >= 0.6 is 0 Å². The third kappa shape index (κ3) is 3.21. The zero-order valence-corrected chi connectivity index (χ0v) is 14.9. The van der Waals surface area contributed by atoms with E-state index in [1.54, 1.807) is 18.1 Å². The molecule has 1 aromatic heterocycles. The molecule has 1 aliphatic heterocycles. The fourth-order valence-electron chi connectivity index (χ4n) is 3.69. The van der Waals surface area contributed by atoms with Crippen LogP contribution in [0.15, 0.2) is 40.8 Å². The van der Waals surface area contributed by atoms with E-state index in [1.807, 2.05) is 30.3 Å². The van der Waals surface area contributed by atoms with Gasteiger partial charge in [0, 0.05) is 16.8 Å². The van der Waals surface area contributed by atoms with Gasteiger partial charge in [-0.3, -0.25) is 14.5 Å². The number of furan rings is 1. The largest absolute Gasteiger partial charge is 0.495 e. The summed E-state index contributed by atoms with van der Waals surface area (Å²) in [5, 5.41) is 14.0. The number of carbonyl (C=O) groups excluding carboxylic acids is 1. The molecule has 0 radical (unpaired) electrons. The van der Waals surface area contributed by atoms with Gasteiger partial charge in [0.15, 0.2) is 0 Å². The number of likely N-dealkylation sites (tertiary alicyclic amines) is 1. The molecule has 1 amide bonds. The second kappa shape index (κ2) is 6.92. The van der Waals surface area contributed by atoms with E-state index in [1.165, 1.54) is 0 Å². The van der Waals surface area contributed by atoms with Crippen molar-refractivity contribution in [2.45, 2.75) is 18.9 Å². The third-order valence-electron chi connectivity index (χ3n) is 4.97. The van der Waals surface area contributed by atoms with Crippen LogP contribution in [0, 0.1) is 0 Å². The van der Waals surface area contributed by atoms with E-state index in [4.69, 9.17) is 9.15 Å². The van der Waals surface area contributed by atoms with Gasteiger partial charge in [-0.25, -0.2) is 0 Å². The van der Waals surface area contributed by atoms with Crippen molar-refractivity contribution in [3.63, 3.8) is 0 Å². The summed E-state index contributed by atoms with van der Waals surface area (Å²) in [6.07, 6.45) is 1.34. The lowest BCUT2D eigenvalue weighted by Crippen LogP contribution is -2.40. The van der Waals surface area contributed by atoms with Gasteiger partial charge in [0.1, 0.15) is 23.0 Å². The van der Waals surface area contributed by atoms with Gasteiger partial charge in [-0.05, 0) is 31.5 Å². The lowest BCUT2D eigenvalue weighted by Gasteiger charge is -2.20. The first-order chi connectivity index (χ1) is 13.1. The summed E-state index contributed by atoms with van der Waals surface area (Å²) in [5.74, 6) is -0.642. The number of ether oxygens (including phenoxy) is 1. The number of nitrogens with zero attached hydrogens (tertiary/aromatic N) is 1. The van der Waals surface area contributed by atoms with Crippen LogP contribution in [0.2, 0.25) is 0 Å². The Bertz CT molecular complexity index is 1030. The minimum Gasteiger partial charge on any atom is -0.495 e. The predicted octanol–water partition coefficient (Wildman–Crippen LogP) is 3.08. The zero-order valence-electron chi connectivity index (χ0n) is 14.9. The standard InChI is InChI=1S/C20H20N2O5/c1-26-18-9-13-12-5-2-3-7-16(12)27-17(13)10-14(18)21-19(23)11-22-8-4-6-15(22)20(24)25/h2-3,5,7,9-10,15H,4,6,8,11H2,1H3,(H,21,23)(H,24,25). The molecular formula is C20H20N2O5. The predicted molar refractivity (Wildman–Crippen MR) is 101 cm³/mol. The van der Waals surface area contributed by atoms with Gasteiger partial charge in [-0.2, -0.15) is 0 Å². The van der Waals surface area contributed by atoms with Crippen LogP contribution in [0.25, 0.3) is 21.9 Å². The number of benzene rings is 2. The minimum atomic E-state index is -0.887. The number of hydrogen-bond acceptors (Lipinski definition) is 5. The average Bonchev–Trinajstić information content (AvgIpc) is 3.24. The molecule has 2 heterocycles. The normalized spacial score (nSPS) is 17.4. The van der Waals surface area contributed by atoms with E-state index in [0.29, 0.717) is 30.0 Å². The van der Waals surface area contributed by atoms with Crippen LogP contribution in [0.4, 0.5) is 5.69 Å². The van der Waals surface area contributed by atoms with Crippen molar-refractivity contribution in [3.05, 3.63) is 36.4 Å². The zero-order chi connectivity index (χ0) is 19.0. The van der Waals surface area contributed by atoms with Crippen LogP contribution in [-0.2, 0) is 9.59 Å². The lowest BCUT2D eigenvalue weighted by molar-refractivity contribution is -0.142. The summed E-state index contributed by atoms with van der Waals surface area (Å²) in [6.45, 7) is 0.627. The van der Waals surface area contributed by atoms with Crippen molar-refractivity contribution in [1.29, 1.82) is 0 Å². The van der Waals surface area contributed by atoms with Gasteiger partial charge in [0.2, 0.25) is 5.91 Å². The van der Waals surface area contributed by atoms with E-state index in [9.17, 15) is 14.7 Å². The maximum absolute atomic E-state index is 12.5. The molecule has 1 atom stereocenters. The number of carbonyl (C=O) groups is 2. The molecule has 1 fully saturated rings. The van der Waals surface area contributed by atoms with Gasteiger partial charge in [0.05, 0.1) is 19.3 Å². The number of para-hydroxylation sites is 1. The number of carboxylic acid groups (broad SMARTS) is 1. The van der Waals surface area contributed by atoms with Crippen LogP contribution in [0.3, 0.4) is 0 Å². The number of aliphatic carboxylic acids is 1.